The maximum Gasteiger partial charge on any atom is 0.280 e. The van der Waals surface area contributed by atoms with E-state index in [1.807, 2.05) is 113 Å². The number of H-pyrrole nitrogens is 1. The number of aromatic amines is 1. The van der Waals surface area contributed by atoms with Crippen molar-refractivity contribution < 1.29 is 45.9 Å². The predicted octanol–water partition coefficient (Wildman–Crippen LogP) is 8.07. The van der Waals surface area contributed by atoms with E-state index in [9.17, 15) is 18.5 Å². The van der Waals surface area contributed by atoms with Gasteiger partial charge in [-0.25, -0.2) is 23.1 Å². The third kappa shape index (κ3) is 13.0. The molecule has 0 bridgehead atoms. The highest BCUT2D eigenvalue weighted by molar-refractivity contribution is 7.91. The number of aromatic nitrogens is 4. The number of hydrogen-bond acceptors (Lipinski definition) is 16. The molecule has 4 aromatic carbocycles. The number of benzene rings is 4. The van der Waals surface area contributed by atoms with Gasteiger partial charge in [-0.2, -0.15) is 10.2 Å². The predicted molar refractivity (Wildman–Crippen MR) is 281 cm³/mol. The number of nitrogens with one attached hydrogen (secondary N) is 1. The Kier molecular flexibility index (Phi) is 19.1. The standard InChI is InChI=1S/C53H65N8O11PS/c1-36(2)61(37(3)4)73(70-29-13-28-54)72-47-45(32-69-53(39-14-11-10-12-15-39,40-18-22-42(65-8)23-19-40)41-20-24-43(66-9)25-21-41)71-51(60-34-55-46-49(60)57-52(58-50(46)62)56-33-59(6)7)48(47)68-35-67-30-31-74(63,64)44-26-16-38(5)17-27-44/h10-12,14-27,33-34,36-37,45,47-48,51H,13,29-32,35H2,1-9H3,(H,57,58,62)/b56-33+/t45-,47-,48-,51-,73?/m1/s1. The Morgan fingerprint density at radius 1 is 0.892 bits per heavy atom. The quantitative estimate of drug-likeness (QED) is 0.0136. The van der Waals surface area contributed by atoms with Crippen molar-refractivity contribution in [3.8, 4) is 17.6 Å². The van der Waals surface area contributed by atoms with Crippen LogP contribution in [-0.2, 0) is 43.4 Å². The van der Waals surface area contributed by atoms with Crippen LogP contribution in [0.4, 0.5) is 5.95 Å². The van der Waals surface area contributed by atoms with Crippen LogP contribution < -0.4 is 15.0 Å². The van der Waals surface area contributed by atoms with Gasteiger partial charge < -0.3 is 42.4 Å². The Balaban J connectivity index is 1.36. The Morgan fingerprint density at radius 3 is 2.09 bits per heavy atom. The summed E-state index contributed by atoms with van der Waals surface area (Å²) in [4.78, 5) is 31.7. The van der Waals surface area contributed by atoms with Crippen LogP contribution in [-0.4, -0.2) is 135 Å². The molecule has 1 aliphatic rings. The second-order valence-electron chi connectivity index (χ2n) is 18.2. The molecule has 5 atom stereocenters. The minimum Gasteiger partial charge on any atom is -0.497 e. The topological polar surface area (TPSA) is 214 Å². The van der Waals surface area contributed by atoms with E-state index in [0.717, 1.165) is 22.3 Å². The molecular formula is C53H65N8O11PS. The van der Waals surface area contributed by atoms with E-state index in [2.05, 4.69) is 25.7 Å². The summed E-state index contributed by atoms with van der Waals surface area (Å²) >= 11 is 0. The summed E-state index contributed by atoms with van der Waals surface area (Å²) in [6.45, 7) is 9.32. The second kappa shape index (κ2) is 25.4. The molecule has 1 fully saturated rings. The van der Waals surface area contributed by atoms with E-state index in [4.69, 9.17) is 42.5 Å². The molecule has 7 rings (SSSR count). The number of sulfone groups is 1. The van der Waals surface area contributed by atoms with Gasteiger partial charge in [0.05, 0.1) is 69.8 Å². The zero-order valence-corrected chi connectivity index (χ0v) is 44.9. The Hall–Kier alpha value is -6.11. The largest absolute Gasteiger partial charge is 0.497 e. The molecule has 0 spiro atoms. The molecule has 2 aromatic heterocycles. The monoisotopic (exact) mass is 1050 g/mol. The van der Waals surface area contributed by atoms with Gasteiger partial charge in [-0.05, 0) is 87.7 Å². The molecule has 1 aliphatic heterocycles. The van der Waals surface area contributed by atoms with E-state index in [1.165, 1.54) is 12.7 Å². The average Bonchev–Trinajstić information content (AvgIpc) is 3.97. The number of fused-ring (bicyclic) bond motifs is 1. The van der Waals surface area contributed by atoms with Gasteiger partial charge in [-0.1, -0.05) is 72.3 Å². The number of hydrogen-bond donors (Lipinski definition) is 1. The maximum atomic E-state index is 13.6. The lowest BCUT2D eigenvalue weighted by Crippen LogP contribution is -2.43. The van der Waals surface area contributed by atoms with Crippen molar-refractivity contribution in [2.24, 2.45) is 4.99 Å². The van der Waals surface area contributed by atoms with Gasteiger partial charge in [0.1, 0.15) is 42.2 Å². The average molecular weight is 1050 g/mol. The summed E-state index contributed by atoms with van der Waals surface area (Å²) in [7, 11) is 1.12. The number of rotatable bonds is 26. The molecule has 394 valence electrons. The second-order valence-corrected chi connectivity index (χ2v) is 21.7. The van der Waals surface area contributed by atoms with Crippen molar-refractivity contribution >= 4 is 41.8 Å². The summed E-state index contributed by atoms with van der Waals surface area (Å²) in [6.07, 6.45) is -1.21. The molecule has 74 heavy (non-hydrogen) atoms. The van der Waals surface area contributed by atoms with E-state index < -0.39 is 60.9 Å². The molecule has 1 N–H and O–H groups in total. The van der Waals surface area contributed by atoms with E-state index >= 15 is 0 Å². The normalized spacial score (nSPS) is 17.7. The van der Waals surface area contributed by atoms with Crippen molar-refractivity contribution in [2.75, 3.05) is 60.7 Å². The lowest BCUT2D eigenvalue weighted by Gasteiger charge is -2.39. The van der Waals surface area contributed by atoms with Gasteiger partial charge >= 0.3 is 0 Å². The molecular weight excluding hydrogens is 988 g/mol. The first kappa shape index (κ1) is 55.6. The third-order valence-corrected chi connectivity index (χ3v) is 15.9. The van der Waals surface area contributed by atoms with Crippen LogP contribution in [0.1, 0.15) is 62.6 Å². The lowest BCUT2D eigenvalue weighted by atomic mass is 9.80. The van der Waals surface area contributed by atoms with Crippen molar-refractivity contribution in [1.82, 2.24) is 29.1 Å². The fourth-order valence-corrected chi connectivity index (χ4v) is 11.5. The SMILES string of the molecule is COc1ccc(C(OC[C@H]2O[C@@H](n3cnc4c(=O)[nH]c(/N=C/N(C)C)nc43)[C@H](OCOCCS(=O)(=O)c3ccc(C)cc3)[C@@H]2OP(OCCC#N)N(C(C)C)C(C)C)(c2ccccc2)c2ccc(OC)cc2)cc1. The third-order valence-electron chi connectivity index (χ3n) is 12.1. The van der Waals surface area contributed by atoms with Gasteiger partial charge in [0, 0.05) is 26.2 Å². The summed E-state index contributed by atoms with van der Waals surface area (Å²) in [5.41, 5.74) is 1.59. The van der Waals surface area contributed by atoms with Gasteiger partial charge in [0.15, 0.2) is 27.2 Å². The van der Waals surface area contributed by atoms with Crippen molar-refractivity contribution in [3.63, 3.8) is 0 Å². The van der Waals surface area contributed by atoms with Crippen LogP contribution in [0.2, 0.25) is 0 Å². The lowest BCUT2D eigenvalue weighted by molar-refractivity contribution is -0.135. The van der Waals surface area contributed by atoms with Gasteiger partial charge in [0.25, 0.3) is 14.1 Å². The molecule has 21 heteroatoms. The molecule has 0 aliphatic carbocycles. The molecule has 19 nitrogen and oxygen atoms in total. The zero-order chi connectivity index (χ0) is 53.0. The maximum absolute atomic E-state index is 13.6. The summed E-state index contributed by atoms with van der Waals surface area (Å²) in [6, 6.07) is 33.7. The molecule has 6 aromatic rings. The first-order chi connectivity index (χ1) is 35.6. The smallest absolute Gasteiger partial charge is 0.280 e. The van der Waals surface area contributed by atoms with Crippen LogP contribution in [0.25, 0.3) is 11.2 Å². The summed E-state index contributed by atoms with van der Waals surface area (Å²) in [5.74, 6) is 1.00. The number of nitriles is 1. The number of methoxy groups -OCH3 is 2. The molecule has 3 heterocycles. The Morgan fingerprint density at radius 2 is 1.51 bits per heavy atom. The van der Waals surface area contributed by atoms with Crippen molar-refractivity contribution in [3.05, 3.63) is 142 Å². The van der Waals surface area contributed by atoms with E-state index in [-0.39, 0.29) is 66.1 Å². The number of imidazole rings is 1. The molecule has 1 unspecified atom stereocenters. The van der Waals surface area contributed by atoms with Gasteiger partial charge in [-0.15, -0.1) is 0 Å². The molecule has 1 saturated heterocycles. The van der Waals surface area contributed by atoms with Crippen LogP contribution in [0.15, 0.2) is 124 Å². The first-order valence-electron chi connectivity index (χ1n) is 24.1. The number of aryl methyl sites for hydroxylation is 1. The Labute approximate surface area is 433 Å². The zero-order valence-electron chi connectivity index (χ0n) is 43.2. The van der Waals surface area contributed by atoms with E-state index in [0.29, 0.717) is 11.5 Å². The summed E-state index contributed by atoms with van der Waals surface area (Å²) < 4.78 is 82.6. The van der Waals surface area contributed by atoms with Crippen LogP contribution in [0.5, 0.6) is 11.5 Å². The highest BCUT2D eigenvalue weighted by Crippen LogP contribution is 2.51. The fraction of sp³-hybridized carbons (Fsp3) is 0.415. The van der Waals surface area contributed by atoms with E-state index in [1.54, 1.807) is 62.0 Å². The highest BCUT2D eigenvalue weighted by atomic mass is 32.2. The molecule has 0 radical (unpaired) electrons. The summed E-state index contributed by atoms with van der Waals surface area (Å²) in [5, 5.41) is 9.64. The van der Waals surface area contributed by atoms with Crippen molar-refractivity contribution in [2.45, 2.75) is 88.2 Å². The van der Waals surface area contributed by atoms with Crippen LogP contribution in [0.3, 0.4) is 0 Å². The number of ether oxygens (including phenoxy) is 6. The highest BCUT2D eigenvalue weighted by Gasteiger charge is 2.52. The fourth-order valence-electron chi connectivity index (χ4n) is 8.60. The van der Waals surface area contributed by atoms with Gasteiger partial charge in [-0.3, -0.25) is 14.3 Å². The first-order valence-corrected chi connectivity index (χ1v) is 26.9. The van der Waals surface area contributed by atoms with Crippen molar-refractivity contribution in [1.29, 1.82) is 5.26 Å². The van der Waals surface area contributed by atoms with Crippen LogP contribution in [0, 0.1) is 18.3 Å². The van der Waals surface area contributed by atoms with Crippen LogP contribution >= 0.6 is 8.53 Å². The molecule has 0 saturated carbocycles. The number of nitrogens with zero attached hydrogens (tertiary/aromatic N) is 7. The minimum atomic E-state index is -3.71. The number of aliphatic imine (C=N–C) groups is 1. The minimum absolute atomic E-state index is 0.0147. The Bertz CT molecular complexity index is 2930. The molecule has 0 amide bonds. The van der Waals surface area contributed by atoms with Gasteiger partial charge in [0.2, 0.25) is 5.95 Å².